The molecule has 1 fully saturated rings. The summed E-state index contributed by atoms with van der Waals surface area (Å²) in [5.41, 5.74) is 1.76. The van der Waals surface area contributed by atoms with Gasteiger partial charge < -0.3 is 9.64 Å². The minimum atomic E-state index is -0.241. The fourth-order valence-corrected chi connectivity index (χ4v) is 1.86. The summed E-state index contributed by atoms with van der Waals surface area (Å²) in [6.45, 7) is 7.41. The first-order valence-electron chi connectivity index (χ1n) is 6.39. The molecule has 0 amide bonds. The number of ether oxygens (including phenoxy) is 1. The molecule has 1 aromatic rings. The maximum absolute atomic E-state index is 11.7. The zero-order valence-corrected chi connectivity index (χ0v) is 11.0. The van der Waals surface area contributed by atoms with E-state index in [0.29, 0.717) is 18.1 Å². The molecular weight excluding hydrogens is 228 g/mol. The zero-order chi connectivity index (χ0) is 13.0. The predicted molar refractivity (Wildman–Crippen MR) is 71.8 cm³/mol. The van der Waals surface area contributed by atoms with Gasteiger partial charge in [0.2, 0.25) is 0 Å². The first-order chi connectivity index (χ1) is 8.66. The number of rotatable bonds is 4. The average molecular weight is 248 g/mol. The molecule has 1 heterocycles. The van der Waals surface area contributed by atoms with Crippen molar-refractivity contribution < 1.29 is 9.53 Å². The van der Waals surface area contributed by atoms with E-state index in [1.54, 1.807) is 0 Å². The fourth-order valence-electron chi connectivity index (χ4n) is 1.86. The second kappa shape index (κ2) is 5.87. The molecule has 0 spiro atoms. The van der Waals surface area contributed by atoms with Gasteiger partial charge in [-0.2, -0.15) is 0 Å². The number of hydrogen-bond donors (Lipinski definition) is 1. The summed E-state index contributed by atoms with van der Waals surface area (Å²) in [5, 5.41) is 3.28. The molecule has 1 saturated heterocycles. The van der Waals surface area contributed by atoms with Crippen LogP contribution in [0.15, 0.2) is 24.3 Å². The molecule has 0 radical (unpaired) electrons. The van der Waals surface area contributed by atoms with Crippen LogP contribution in [0.4, 0.5) is 5.69 Å². The van der Waals surface area contributed by atoms with Crippen LogP contribution in [0.1, 0.15) is 24.2 Å². The molecule has 98 valence electrons. The molecule has 1 aliphatic rings. The normalized spacial score (nSPS) is 15.2. The number of carbonyl (C=O) groups excluding carboxylic acids is 1. The van der Waals surface area contributed by atoms with E-state index < -0.39 is 0 Å². The summed E-state index contributed by atoms with van der Waals surface area (Å²) in [7, 11) is 0. The molecule has 4 heteroatoms. The van der Waals surface area contributed by atoms with E-state index in [1.807, 2.05) is 38.1 Å². The van der Waals surface area contributed by atoms with E-state index in [-0.39, 0.29) is 5.97 Å². The van der Waals surface area contributed by atoms with Gasteiger partial charge in [0.05, 0.1) is 18.8 Å². The largest absolute Gasteiger partial charge is 0.462 e. The van der Waals surface area contributed by atoms with Crippen LogP contribution in [0.3, 0.4) is 0 Å². The summed E-state index contributed by atoms with van der Waals surface area (Å²) < 4.78 is 5.19. The van der Waals surface area contributed by atoms with Crippen LogP contribution in [-0.4, -0.2) is 32.3 Å². The standard InChI is InChI=1S/C14H20N2O2/c1-11(2)9-18-14(17)12-3-5-13(6-4-12)16-8-7-15-10-16/h3-6,11,15H,7-10H2,1-2H3. The summed E-state index contributed by atoms with van der Waals surface area (Å²) >= 11 is 0. The average Bonchev–Trinajstić information content (AvgIpc) is 2.90. The predicted octanol–water partition coefficient (Wildman–Crippen LogP) is 1.87. The number of esters is 1. The highest BCUT2D eigenvalue weighted by Gasteiger charge is 2.13. The second-order valence-electron chi connectivity index (χ2n) is 4.96. The molecule has 0 aromatic heterocycles. The van der Waals surface area contributed by atoms with Gasteiger partial charge in [0.15, 0.2) is 0 Å². The van der Waals surface area contributed by atoms with Crippen LogP contribution in [0, 0.1) is 5.92 Å². The summed E-state index contributed by atoms with van der Waals surface area (Å²) in [5.74, 6) is 0.124. The highest BCUT2D eigenvalue weighted by atomic mass is 16.5. The number of hydrogen-bond acceptors (Lipinski definition) is 4. The van der Waals surface area contributed by atoms with Crippen molar-refractivity contribution >= 4 is 11.7 Å². The minimum Gasteiger partial charge on any atom is -0.462 e. The van der Waals surface area contributed by atoms with Crippen molar-refractivity contribution in [2.24, 2.45) is 5.92 Å². The minimum absolute atomic E-state index is 0.241. The second-order valence-corrected chi connectivity index (χ2v) is 4.96. The third-order valence-electron chi connectivity index (χ3n) is 2.88. The summed E-state index contributed by atoms with van der Waals surface area (Å²) in [6, 6.07) is 7.60. The van der Waals surface area contributed by atoms with E-state index in [2.05, 4.69) is 10.2 Å². The van der Waals surface area contributed by atoms with Crippen molar-refractivity contribution in [1.29, 1.82) is 0 Å². The van der Waals surface area contributed by atoms with Gasteiger partial charge in [0.25, 0.3) is 0 Å². The quantitative estimate of drug-likeness (QED) is 0.826. The van der Waals surface area contributed by atoms with Crippen LogP contribution in [-0.2, 0) is 4.74 Å². The van der Waals surface area contributed by atoms with Gasteiger partial charge in [0, 0.05) is 18.8 Å². The van der Waals surface area contributed by atoms with Gasteiger partial charge in [-0.15, -0.1) is 0 Å². The molecule has 0 aliphatic carbocycles. The van der Waals surface area contributed by atoms with Gasteiger partial charge in [0.1, 0.15) is 0 Å². The topological polar surface area (TPSA) is 41.6 Å². The highest BCUT2D eigenvalue weighted by Crippen LogP contribution is 2.16. The molecule has 0 bridgehead atoms. The summed E-state index contributed by atoms with van der Waals surface area (Å²) in [4.78, 5) is 14.0. The van der Waals surface area contributed by atoms with Crippen LogP contribution in [0.2, 0.25) is 0 Å². The third-order valence-corrected chi connectivity index (χ3v) is 2.88. The van der Waals surface area contributed by atoms with Crippen molar-refractivity contribution in [2.45, 2.75) is 13.8 Å². The first kappa shape index (κ1) is 12.9. The maximum atomic E-state index is 11.7. The first-order valence-corrected chi connectivity index (χ1v) is 6.39. The lowest BCUT2D eigenvalue weighted by Crippen LogP contribution is -2.21. The van der Waals surface area contributed by atoms with Crippen LogP contribution in [0.5, 0.6) is 0 Å². The smallest absolute Gasteiger partial charge is 0.338 e. The van der Waals surface area contributed by atoms with Crippen molar-refractivity contribution in [1.82, 2.24) is 5.32 Å². The molecule has 18 heavy (non-hydrogen) atoms. The lowest BCUT2D eigenvalue weighted by Gasteiger charge is -2.16. The molecule has 0 saturated carbocycles. The molecule has 4 nitrogen and oxygen atoms in total. The number of carbonyl (C=O) groups is 1. The van der Waals surface area contributed by atoms with E-state index in [4.69, 9.17) is 4.74 Å². The van der Waals surface area contributed by atoms with E-state index >= 15 is 0 Å². The Bertz CT molecular complexity index is 395. The highest BCUT2D eigenvalue weighted by molar-refractivity contribution is 5.89. The Morgan fingerprint density at radius 3 is 2.67 bits per heavy atom. The fraction of sp³-hybridized carbons (Fsp3) is 0.500. The molecular formula is C14H20N2O2. The Morgan fingerprint density at radius 1 is 1.39 bits per heavy atom. The molecule has 0 unspecified atom stereocenters. The lowest BCUT2D eigenvalue weighted by atomic mass is 10.2. The SMILES string of the molecule is CC(C)COC(=O)c1ccc(N2CCNC2)cc1. The number of nitrogens with one attached hydrogen (secondary N) is 1. The molecule has 1 aliphatic heterocycles. The van der Waals surface area contributed by atoms with E-state index in [9.17, 15) is 4.79 Å². The Labute approximate surface area is 108 Å². The van der Waals surface area contributed by atoms with Crippen molar-refractivity contribution in [2.75, 3.05) is 31.3 Å². The van der Waals surface area contributed by atoms with Gasteiger partial charge in [-0.25, -0.2) is 4.79 Å². The van der Waals surface area contributed by atoms with Gasteiger partial charge >= 0.3 is 5.97 Å². The third kappa shape index (κ3) is 3.23. The Kier molecular flexibility index (Phi) is 4.20. The Balaban J connectivity index is 1.96. The molecule has 1 N–H and O–H groups in total. The summed E-state index contributed by atoms with van der Waals surface area (Å²) in [6.07, 6.45) is 0. The van der Waals surface area contributed by atoms with Gasteiger partial charge in [-0.05, 0) is 30.2 Å². The molecule has 2 rings (SSSR count). The number of nitrogens with zero attached hydrogens (tertiary/aromatic N) is 1. The van der Waals surface area contributed by atoms with Crippen molar-refractivity contribution in [3.05, 3.63) is 29.8 Å². The van der Waals surface area contributed by atoms with E-state index in [1.165, 1.54) is 0 Å². The lowest BCUT2D eigenvalue weighted by molar-refractivity contribution is 0.0459. The number of anilines is 1. The van der Waals surface area contributed by atoms with Crippen molar-refractivity contribution in [3.8, 4) is 0 Å². The van der Waals surface area contributed by atoms with Gasteiger partial charge in [-0.3, -0.25) is 5.32 Å². The zero-order valence-electron chi connectivity index (χ0n) is 11.0. The van der Waals surface area contributed by atoms with Crippen molar-refractivity contribution in [3.63, 3.8) is 0 Å². The molecule has 1 aromatic carbocycles. The monoisotopic (exact) mass is 248 g/mol. The van der Waals surface area contributed by atoms with Crippen LogP contribution < -0.4 is 10.2 Å². The van der Waals surface area contributed by atoms with E-state index in [0.717, 1.165) is 25.4 Å². The molecule has 0 atom stereocenters. The number of benzene rings is 1. The maximum Gasteiger partial charge on any atom is 0.338 e. The Morgan fingerprint density at radius 2 is 2.11 bits per heavy atom. The Hall–Kier alpha value is -1.55. The van der Waals surface area contributed by atoms with Crippen LogP contribution in [0.25, 0.3) is 0 Å². The van der Waals surface area contributed by atoms with Crippen LogP contribution >= 0.6 is 0 Å². The van der Waals surface area contributed by atoms with Gasteiger partial charge in [-0.1, -0.05) is 13.8 Å².